The maximum atomic E-state index is 13.3. The lowest BCUT2D eigenvalue weighted by Crippen LogP contribution is -2.03. The molecule has 0 saturated carbocycles. The molecule has 0 aromatic heterocycles. The van der Waals surface area contributed by atoms with Crippen molar-refractivity contribution in [2.45, 2.75) is 12.5 Å². The number of ether oxygens (including phenoxy) is 1. The van der Waals surface area contributed by atoms with E-state index in [4.69, 9.17) is 4.74 Å². The summed E-state index contributed by atoms with van der Waals surface area (Å²) in [5, 5.41) is 0. The fourth-order valence-corrected chi connectivity index (χ4v) is 2.33. The number of rotatable bonds is 1. The summed E-state index contributed by atoms with van der Waals surface area (Å²) in [6.45, 7) is 0.402. The van der Waals surface area contributed by atoms with Gasteiger partial charge in [-0.1, -0.05) is 24.3 Å². The van der Waals surface area contributed by atoms with Crippen molar-refractivity contribution in [2.24, 2.45) is 0 Å². The molecule has 3 rings (SSSR count). The third-order valence-corrected chi connectivity index (χ3v) is 3.22. The lowest BCUT2D eigenvalue weighted by Gasteiger charge is -2.12. The minimum Gasteiger partial charge on any atom is -0.489 e. The second-order valence-corrected chi connectivity index (χ2v) is 4.28. The van der Waals surface area contributed by atoms with Gasteiger partial charge in [-0.05, 0) is 29.3 Å². The third-order valence-electron chi connectivity index (χ3n) is 3.22. The van der Waals surface area contributed by atoms with E-state index in [-0.39, 0.29) is 5.82 Å². The molecule has 1 aliphatic rings. The number of hydrogen-bond donors (Lipinski definition) is 0. The van der Waals surface area contributed by atoms with E-state index in [0.29, 0.717) is 17.9 Å². The largest absolute Gasteiger partial charge is 0.489 e. The first-order valence-electron chi connectivity index (χ1n) is 5.75. The molecule has 2 aromatic carbocycles. The van der Waals surface area contributed by atoms with Crippen LogP contribution in [0.2, 0.25) is 0 Å². The number of benzene rings is 2. The maximum Gasteiger partial charge on any atom is 0.132 e. The van der Waals surface area contributed by atoms with Gasteiger partial charge in [0.1, 0.15) is 24.5 Å². The molecule has 0 saturated heterocycles. The van der Waals surface area contributed by atoms with Crippen molar-refractivity contribution in [1.29, 1.82) is 0 Å². The highest BCUT2D eigenvalue weighted by Crippen LogP contribution is 2.36. The van der Waals surface area contributed by atoms with Crippen LogP contribution in [-0.4, -0.2) is 6.29 Å². The highest BCUT2D eigenvalue weighted by atomic mass is 19.1. The molecule has 0 bridgehead atoms. The van der Waals surface area contributed by atoms with E-state index in [0.717, 1.165) is 17.4 Å². The van der Waals surface area contributed by atoms with Gasteiger partial charge in [-0.3, -0.25) is 0 Å². The van der Waals surface area contributed by atoms with Gasteiger partial charge in [-0.15, -0.1) is 0 Å². The number of aldehydes is 1. The fourth-order valence-electron chi connectivity index (χ4n) is 2.33. The van der Waals surface area contributed by atoms with E-state index in [1.54, 1.807) is 6.07 Å². The molecule has 0 N–H and O–H groups in total. The van der Waals surface area contributed by atoms with Gasteiger partial charge in [-0.25, -0.2) is 4.39 Å². The zero-order valence-corrected chi connectivity index (χ0v) is 9.60. The quantitative estimate of drug-likeness (QED) is 0.718. The number of carbonyl (C=O) groups is 1. The zero-order valence-electron chi connectivity index (χ0n) is 9.60. The predicted molar refractivity (Wildman–Crippen MR) is 65.1 cm³/mol. The van der Waals surface area contributed by atoms with Crippen molar-refractivity contribution in [1.82, 2.24) is 0 Å². The van der Waals surface area contributed by atoms with Crippen molar-refractivity contribution < 1.29 is 13.9 Å². The number of hydrogen-bond acceptors (Lipinski definition) is 2. The van der Waals surface area contributed by atoms with Gasteiger partial charge in [0.25, 0.3) is 0 Å². The molecular formula is C15H11FO2. The molecule has 1 atom stereocenters. The van der Waals surface area contributed by atoms with Gasteiger partial charge in [0.2, 0.25) is 0 Å². The first kappa shape index (κ1) is 11.0. The average molecular weight is 242 g/mol. The van der Waals surface area contributed by atoms with E-state index in [1.807, 2.05) is 24.3 Å². The lowest BCUT2D eigenvalue weighted by molar-refractivity contribution is -0.108. The number of carbonyl (C=O) groups excluding carboxylic acids is 1. The zero-order chi connectivity index (χ0) is 12.5. The Balaban J connectivity index is 2.23. The summed E-state index contributed by atoms with van der Waals surface area (Å²) in [4.78, 5) is 11.4. The number of fused-ring (bicyclic) bond motifs is 2. The molecule has 0 unspecified atom stereocenters. The van der Waals surface area contributed by atoms with Gasteiger partial charge >= 0.3 is 0 Å². The second-order valence-electron chi connectivity index (χ2n) is 4.28. The van der Waals surface area contributed by atoms with Crippen LogP contribution in [0.25, 0.3) is 0 Å². The topological polar surface area (TPSA) is 26.3 Å². The fraction of sp³-hybridized carbons (Fsp3) is 0.133. The Hall–Kier alpha value is -2.16. The third kappa shape index (κ3) is 1.68. The summed E-state index contributed by atoms with van der Waals surface area (Å²) in [6, 6.07) is 11.9. The van der Waals surface area contributed by atoms with Crippen molar-refractivity contribution in [3.05, 3.63) is 65.0 Å². The van der Waals surface area contributed by atoms with Crippen LogP contribution >= 0.6 is 0 Å². The Labute approximate surface area is 104 Å². The Morgan fingerprint density at radius 3 is 2.83 bits per heavy atom. The molecule has 0 amide bonds. The molecule has 0 radical (unpaired) electrons. The van der Waals surface area contributed by atoms with E-state index in [1.165, 1.54) is 12.1 Å². The van der Waals surface area contributed by atoms with Crippen LogP contribution in [0.4, 0.5) is 4.39 Å². The summed E-state index contributed by atoms with van der Waals surface area (Å²) in [5.74, 6) is -0.248. The highest BCUT2D eigenvalue weighted by Gasteiger charge is 2.24. The molecule has 3 heteroatoms. The van der Waals surface area contributed by atoms with E-state index in [2.05, 4.69) is 0 Å². The van der Waals surface area contributed by atoms with Crippen molar-refractivity contribution in [2.75, 3.05) is 0 Å². The van der Waals surface area contributed by atoms with Crippen LogP contribution in [0.1, 0.15) is 22.6 Å². The number of halogens is 1. The Kier molecular flexibility index (Phi) is 2.59. The van der Waals surface area contributed by atoms with Crippen LogP contribution in [0.15, 0.2) is 42.5 Å². The maximum absolute atomic E-state index is 13.3. The lowest BCUT2D eigenvalue weighted by atomic mass is 9.90. The van der Waals surface area contributed by atoms with Gasteiger partial charge < -0.3 is 9.53 Å². The molecule has 0 spiro atoms. The van der Waals surface area contributed by atoms with E-state index >= 15 is 0 Å². The molecule has 1 aliphatic heterocycles. The molecular weight excluding hydrogens is 231 g/mol. The van der Waals surface area contributed by atoms with Gasteiger partial charge in [0, 0.05) is 5.56 Å². The van der Waals surface area contributed by atoms with Crippen LogP contribution in [0, 0.1) is 5.82 Å². The standard InChI is InChI=1S/C15H11FO2/c16-11-5-6-15-13(7-11)14(8-17)12-4-2-1-3-10(12)9-18-15/h1-8,14H,9H2/t14-/m0/s1. The summed E-state index contributed by atoms with van der Waals surface area (Å²) in [7, 11) is 0. The van der Waals surface area contributed by atoms with Crippen molar-refractivity contribution in [3.8, 4) is 5.75 Å². The van der Waals surface area contributed by atoms with Crippen LogP contribution in [0.3, 0.4) is 0 Å². The summed E-state index contributed by atoms with van der Waals surface area (Å²) in [5.41, 5.74) is 2.44. The van der Waals surface area contributed by atoms with E-state index in [9.17, 15) is 9.18 Å². The van der Waals surface area contributed by atoms with Gasteiger partial charge in [0.05, 0.1) is 5.92 Å². The minimum atomic E-state index is -0.464. The first-order chi connectivity index (χ1) is 8.79. The molecule has 0 fully saturated rings. The SMILES string of the molecule is O=C[C@H]1c2ccccc2COc2ccc(F)cc21. The van der Waals surface area contributed by atoms with E-state index < -0.39 is 5.92 Å². The minimum absolute atomic E-state index is 0.358. The molecule has 18 heavy (non-hydrogen) atoms. The van der Waals surface area contributed by atoms with Crippen LogP contribution in [-0.2, 0) is 11.4 Å². The van der Waals surface area contributed by atoms with Crippen molar-refractivity contribution in [3.63, 3.8) is 0 Å². The monoisotopic (exact) mass is 242 g/mol. The summed E-state index contributed by atoms with van der Waals surface area (Å²) in [6.07, 6.45) is 0.839. The van der Waals surface area contributed by atoms with Gasteiger partial charge in [-0.2, -0.15) is 0 Å². The molecule has 2 nitrogen and oxygen atoms in total. The molecule has 2 aromatic rings. The van der Waals surface area contributed by atoms with Crippen LogP contribution in [0.5, 0.6) is 5.75 Å². The first-order valence-corrected chi connectivity index (χ1v) is 5.75. The van der Waals surface area contributed by atoms with Crippen molar-refractivity contribution >= 4 is 6.29 Å². The van der Waals surface area contributed by atoms with Crippen LogP contribution < -0.4 is 4.74 Å². The molecule has 1 heterocycles. The molecule has 0 aliphatic carbocycles. The Morgan fingerprint density at radius 2 is 2.00 bits per heavy atom. The average Bonchev–Trinajstić information content (AvgIpc) is 2.54. The highest BCUT2D eigenvalue weighted by molar-refractivity contribution is 5.71. The smallest absolute Gasteiger partial charge is 0.132 e. The summed E-state index contributed by atoms with van der Waals surface area (Å²) >= 11 is 0. The molecule has 90 valence electrons. The Morgan fingerprint density at radius 1 is 1.17 bits per heavy atom. The Bertz CT molecular complexity index is 607. The van der Waals surface area contributed by atoms with Gasteiger partial charge in [0.15, 0.2) is 0 Å². The second kappa shape index (κ2) is 4.26. The predicted octanol–water partition coefficient (Wildman–Crippen LogP) is 3.05. The normalized spacial score (nSPS) is 17.1. The summed E-state index contributed by atoms with van der Waals surface area (Å²) < 4.78 is 19.0.